The minimum atomic E-state index is 0.0331. The molecule has 12 heavy (non-hydrogen) atoms. The van der Waals surface area contributed by atoms with Crippen molar-refractivity contribution >= 4 is 0 Å². The van der Waals surface area contributed by atoms with Gasteiger partial charge in [-0.05, 0) is 6.07 Å². The van der Waals surface area contributed by atoms with Crippen LogP contribution >= 0.6 is 0 Å². The Morgan fingerprint density at radius 2 is 2.00 bits per heavy atom. The van der Waals surface area contributed by atoms with Gasteiger partial charge in [-0.25, -0.2) is 0 Å². The molecular formula is C10H12O2. The van der Waals surface area contributed by atoms with E-state index in [2.05, 4.69) is 6.92 Å². The van der Waals surface area contributed by atoms with E-state index in [0.29, 0.717) is 19.0 Å². The van der Waals surface area contributed by atoms with Crippen LogP contribution in [0.2, 0.25) is 0 Å². The zero-order valence-corrected chi connectivity index (χ0v) is 7.08. The molecule has 0 saturated carbocycles. The van der Waals surface area contributed by atoms with Gasteiger partial charge in [-0.3, -0.25) is 0 Å². The van der Waals surface area contributed by atoms with Gasteiger partial charge in [0.15, 0.2) is 0 Å². The van der Waals surface area contributed by atoms with E-state index in [1.165, 1.54) is 0 Å². The predicted molar refractivity (Wildman–Crippen MR) is 46.3 cm³/mol. The molecule has 0 unspecified atom stereocenters. The van der Waals surface area contributed by atoms with E-state index < -0.39 is 0 Å². The zero-order chi connectivity index (χ0) is 8.60. The highest BCUT2D eigenvalue weighted by atomic mass is 16.5. The van der Waals surface area contributed by atoms with Gasteiger partial charge in [0.05, 0.1) is 13.2 Å². The third-order valence-corrected chi connectivity index (χ3v) is 2.40. The van der Waals surface area contributed by atoms with Gasteiger partial charge in [0.2, 0.25) is 0 Å². The third-order valence-electron chi connectivity index (χ3n) is 2.40. The fourth-order valence-electron chi connectivity index (χ4n) is 1.55. The van der Waals surface area contributed by atoms with Crippen LogP contribution in [0.4, 0.5) is 0 Å². The molecule has 1 fully saturated rings. The number of aromatic hydroxyl groups is 1. The Kier molecular flexibility index (Phi) is 1.58. The summed E-state index contributed by atoms with van der Waals surface area (Å²) in [7, 11) is 0. The number of rotatable bonds is 1. The van der Waals surface area contributed by atoms with Crippen molar-refractivity contribution in [3.8, 4) is 5.75 Å². The van der Waals surface area contributed by atoms with Crippen LogP contribution in [0.15, 0.2) is 24.3 Å². The standard InChI is InChI=1S/C10H12O2/c1-10(6-12-7-10)8-4-2-3-5-9(8)11/h2-5,11H,6-7H2,1H3. The summed E-state index contributed by atoms with van der Waals surface area (Å²) in [5.74, 6) is 0.378. The molecule has 0 radical (unpaired) electrons. The quantitative estimate of drug-likeness (QED) is 0.684. The molecule has 0 bridgehead atoms. The number of para-hydroxylation sites is 1. The SMILES string of the molecule is CC1(c2ccccc2O)COC1. The first-order valence-corrected chi connectivity index (χ1v) is 4.09. The molecule has 0 amide bonds. The lowest BCUT2D eigenvalue weighted by atomic mass is 9.80. The second kappa shape index (κ2) is 2.49. The molecule has 1 aliphatic rings. The number of benzene rings is 1. The monoisotopic (exact) mass is 164 g/mol. The third kappa shape index (κ3) is 0.994. The van der Waals surface area contributed by atoms with Crippen molar-refractivity contribution in [2.75, 3.05) is 13.2 Å². The summed E-state index contributed by atoms with van der Waals surface area (Å²) in [5.41, 5.74) is 1.03. The van der Waals surface area contributed by atoms with Gasteiger partial charge in [-0.1, -0.05) is 25.1 Å². The molecule has 2 rings (SSSR count). The highest BCUT2D eigenvalue weighted by molar-refractivity contribution is 5.39. The summed E-state index contributed by atoms with van der Waals surface area (Å²) in [5, 5.41) is 9.56. The molecule has 0 spiro atoms. The van der Waals surface area contributed by atoms with Gasteiger partial charge in [0.1, 0.15) is 5.75 Å². The second-order valence-electron chi connectivity index (χ2n) is 3.57. The van der Waals surface area contributed by atoms with E-state index in [4.69, 9.17) is 4.74 Å². The first-order chi connectivity index (χ1) is 5.72. The summed E-state index contributed by atoms with van der Waals surface area (Å²) in [6, 6.07) is 7.46. The Morgan fingerprint density at radius 1 is 1.33 bits per heavy atom. The van der Waals surface area contributed by atoms with Crippen molar-refractivity contribution in [2.24, 2.45) is 0 Å². The highest BCUT2D eigenvalue weighted by Gasteiger charge is 2.36. The summed E-state index contributed by atoms with van der Waals surface area (Å²) < 4.78 is 5.14. The normalized spacial score (nSPS) is 20.1. The van der Waals surface area contributed by atoms with E-state index in [-0.39, 0.29) is 5.41 Å². The number of phenolic OH excluding ortho intramolecular Hbond substituents is 1. The maximum atomic E-state index is 9.56. The largest absolute Gasteiger partial charge is 0.508 e. The van der Waals surface area contributed by atoms with Crippen LogP contribution in [0.1, 0.15) is 12.5 Å². The summed E-state index contributed by atoms with van der Waals surface area (Å²) in [4.78, 5) is 0. The first kappa shape index (κ1) is 7.62. The van der Waals surface area contributed by atoms with Crippen LogP contribution in [-0.2, 0) is 10.2 Å². The number of ether oxygens (including phenoxy) is 1. The van der Waals surface area contributed by atoms with Gasteiger partial charge in [0, 0.05) is 11.0 Å². The molecule has 1 N–H and O–H groups in total. The van der Waals surface area contributed by atoms with Gasteiger partial charge < -0.3 is 9.84 Å². The van der Waals surface area contributed by atoms with Crippen LogP contribution < -0.4 is 0 Å². The summed E-state index contributed by atoms with van der Waals surface area (Å²) >= 11 is 0. The van der Waals surface area contributed by atoms with Crippen molar-refractivity contribution in [1.82, 2.24) is 0 Å². The first-order valence-electron chi connectivity index (χ1n) is 4.09. The molecule has 1 aromatic carbocycles. The summed E-state index contributed by atoms with van der Waals surface area (Å²) in [6.07, 6.45) is 0. The smallest absolute Gasteiger partial charge is 0.119 e. The molecule has 1 aromatic rings. The fraction of sp³-hybridized carbons (Fsp3) is 0.400. The zero-order valence-electron chi connectivity index (χ0n) is 7.08. The summed E-state index contributed by atoms with van der Waals surface area (Å²) in [6.45, 7) is 3.53. The van der Waals surface area contributed by atoms with Crippen molar-refractivity contribution in [1.29, 1.82) is 0 Å². The number of phenols is 1. The minimum absolute atomic E-state index is 0.0331. The molecule has 0 aromatic heterocycles. The van der Waals surface area contributed by atoms with Gasteiger partial charge in [-0.2, -0.15) is 0 Å². The van der Waals surface area contributed by atoms with E-state index in [1.54, 1.807) is 6.07 Å². The lowest BCUT2D eigenvalue weighted by molar-refractivity contribution is -0.0509. The average molecular weight is 164 g/mol. The van der Waals surface area contributed by atoms with Crippen molar-refractivity contribution < 1.29 is 9.84 Å². The molecule has 1 heterocycles. The van der Waals surface area contributed by atoms with Gasteiger partial charge in [-0.15, -0.1) is 0 Å². The van der Waals surface area contributed by atoms with Crippen molar-refractivity contribution in [3.63, 3.8) is 0 Å². The second-order valence-corrected chi connectivity index (χ2v) is 3.57. The topological polar surface area (TPSA) is 29.5 Å². The van der Waals surface area contributed by atoms with E-state index in [0.717, 1.165) is 5.56 Å². The Balaban J connectivity index is 2.39. The van der Waals surface area contributed by atoms with E-state index in [1.807, 2.05) is 18.2 Å². The highest BCUT2D eigenvalue weighted by Crippen LogP contribution is 2.36. The Hall–Kier alpha value is -1.02. The molecule has 0 atom stereocenters. The Bertz CT molecular complexity index is 290. The van der Waals surface area contributed by atoms with E-state index in [9.17, 15) is 5.11 Å². The molecule has 2 nitrogen and oxygen atoms in total. The van der Waals surface area contributed by atoms with Crippen LogP contribution in [0.3, 0.4) is 0 Å². The Morgan fingerprint density at radius 3 is 2.50 bits per heavy atom. The average Bonchev–Trinajstić information content (AvgIpc) is 2.01. The number of hydrogen-bond donors (Lipinski definition) is 1. The van der Waals surface area contributed by atoms with Crippen LogP contribution in [0.5, 0.6) is 5.75 Å². The maximum absolute atomic E-state index is 9.56. The number of hydrogen-bond acceptors (Lipinski definition) is 2. The van der Waals surface area contributed by atoms with Crippen LogP contribution in [0, 0.1) is 0 Å². The van der Waals surface area contributed by atoms with E-state index >= 15 is 0 Å². The lowest BCUT2D eigenvalue weighted by Crippen LogP contribution is -2.43. The van der Waals surface area contributed by atoms with Gasteiger partial charge in [0.25, 0.3) is 0 Å². The Labute approximate surface area is 71.8 Å². The minimum Gasteiger partial charge on any atom is -0.508 e. The molecule has 0 aliphatic carbocycles. The van der Waals surface area contributed by atoms with Crippen LogP contribution in [0.25, 0.3) is 0 Å². The van der Waals surface area contributed by atoms with Gasteiger partial charge >= 0.3 is 0 Å². The molecule has 2 heteroatoms. The predicted octanol–water partition coefficient (Wildman–Crippen LogP) is 1.68. The fourth-order valence-corrected chi connectivity index (χ4v) is 1.55. The molecule has 1 aliphatic heterocycles. The maximum Gasteiger partial charge on any atom is 0.119 e. The lowest BCUT2D eigenvalue weighted by Gasteiger charge is -2.38. The molecule has 1 saturated heterocycles. The molecular weight excluding hydrogens is 152 g/mol. The van der Waals surface area contributed by atoms with Crippen molar-refractivity contribution in [3.05, 3.63) is 29.8 Å². The molecule has 64 valence electrons. The van der Waals surface area contributed by atoms with Crippen LogP contribution in [-0.4, -0.2) is 18.3 Å². The van der Waals surface area contributed by atoms with Crippen molar-refractivity contribution in [2.45, 2.75) is 12.3 Å².